The Morgan fingerprint density at radius 2 is 1.89 bits per heavy atom. The van der Waals surface area contributed by atoms with E-state index >= 15 is 0 Å². The van der Waals surface area contributed by atoms with Crippen molar-refractivity contribution in [2.75, 3.05) is 0 Å². The Bertz CT molecular complexity index is 591. The molecule has 0 spiro atoms. The molecule has 0 atom stereocenters. The summed E-state index contributed by atoms with van der Waals surface area (Å²) in [4.78, 5) is 3.87. The van der Waals surface area contributed by atoms with Crippen LogP contribution in [0.25, 0.3) is 10.8 Å². The minimum absolute atomic E-state index is 0.0159. The fourth-order valence-corrected chi connectivity index (χ4v) is 2.22. The first-order valence-corrected chi connectivity index (χ1v) is 5.84. The van der Waals surface area contributed by atoms with Crippen molar-refractivity contribution in [2.24, 2.45) is 0 Å². The van der Waals surface area contributed by atoms with E-state index in [-0.39, 0.29) is 16.5 Å². The second kappa shape index (κ2) is 4.43. The Morgan fingerprint density at radius 1 is 1.22 bits per heavy atom. The highest BCUT2D eigenvalue weighted by molar-refractivity contribution is 6.34. The first kappa shape index (κ1) is 13.1. The predicted molar refractivity (Wildman–Crippen MR) is 65.8 cm³/mol. The molecule has 0 aliphatic rings. The molecule has 0 fully saturated rings. The zero-order valence-electron chi connectivity index (χ0n) is 9.85. The van der Waals surface area contributed by atoms with Crippen molar-refractivity contribution >= 4 is 22.4 Å². The number of hydrogen-bond acceptors (Lipinski definition) is 1. The smallest absolute Gasteiger partial charge is 0.244 e. The Kier molecular flexibility index (Phi) is 3.23. The van der Waals surface area contributed by atoms with Gasteiger partial charge >= 0.3 is 6.18 Å². The molecule has 2 aromatic rings. The highest BCUT2D eigenvalue weighted by Gasteiger charge is 2.33. The maximum atomic E-state index is 12.9. The van der Waals surface area contributed by atoms with Crippen LogP contribution in [0.4, 0.5) is 13.2 Å². The zero-order chi connectivity index (χ0) is 13.5. The maximum absolute atomic E-state index is 12.9. The molecule has 1 aromatic heterocycles. The van der Waals surface area contributed by atoms with Crippen LogP contribution < -0.4 is 0 Å². The third-order valence-electron chi connectivity index (χ3n) is 2.83. The molecule has 0 radical (unpaired) electrons. The van der Waals surface area contributed by atoms with Crippen LogP contribution in [-0.4, -0.2) is 4.98 Å². The summed E-state index contributed by atoms with van der Waals surface area (Å²) in [7, 11) is 0. The number of nitrogens with zero attached hydrogens (tertiary/aromatic N) is 1. The average molecular weight is 274 g/mol. The van der Waals surface area contributed by atoms with E-state index in [0.29, 0.717) is 5.39 Å². The van der Waals surface area contributed by atoms with Gasteiger partial charge in [-0.1, -0.05) is 37.6 Å². The van der Waals surface area contributed by atoms with Crippen LogP contribution in [0.1, 0.15) is 30.9 Å². The lowest BCUT2D eigenvalue weighted by Gasteiger charge is -2.15. The molecule has 0 aliphatic carbocycles. The molecule has 0 amide bonds. The summed E-state index contributed by atoms with van der Waals surface area (Å²) in [6.45, 7) is 3.81. The number of benzene rings is 1. The van der Waals surface area contributed by atoms with Gasteiger partial charge in [0.1, 0.15) is 5.15 Å². The molecule has 1 aromatic carbocycles. The quantitative estimate of drug-likeness (QED) is 0.664. The van der Waals surface area contributed by atoms with E-state index in [9.17, 15) is 13.2 Å². The molecule has 0 bridgehead atoms. The molecular formula is C13H11ClF3N. The van der Waals surface area contributed by atoms with Gasteiger partial charge in [0.05, 0.1) is 5.56 Å². The van der Waals surface area contributed by atoms with Crippen molar-refractivity contribution in [3.05, 3.63) is 40.7 Å². The molecule has 1 nitrogen and oxygen atoms in total. The van der Waals surface area contributed by atoms with Crippen molar-refractivity contribution in [3.63, 3.8) is 0 Å². The van der Waals surface area contributed by atoms with Gasteiger partial charge in [0.2, 0.25) is 0 Å². The minimum atomic E-state index is -4.43. The molecule has 0 N–H and O–H groups in total. The van der Waals surface area contributed by atoms with E-state index in [2.05, 4.69) is 4.98 Å². The van der Waals surface area contributed by atoms with Crippen molar-refractivity contribution in [3.8, 4) is 0 Å². The van der Waals surface area contributed by atoms with Crippen LogP contribution in [0.5, 0.6) is 0 Å². The van der Waals surface area contributed by atoms with Gasteiger partial charge in [0.25, 0.3) is 0 Å². The van der Waals surface area contributed by atoms with Gasteiger partial charge in [-0.05, 0) is 22.9 Å². The Labute approximate surface area is 108 Å². The first-order valence-electron chi connectivity index (χ1n) is 5.46. The monoisotopic (exact) mass is 273 g/mol. The van der Waals surface area contributed by atoms with E-state index in [4.69, 9.17) is 11.6 Å². The molecule has 1 heterocycles. The van der Waals surface area contributed by atoms with Crippen LogP contribution in [0, 0.1) is 0 Å². The number of fused-ring (bicyclic) bond motifs is 1. The fourth-order valence-electron chi connectivity index (χ4n) is 1.97. The lowest BCUT2D eigenvalue weighted by atomic mass is 9.96. The summed E-state index contributed by atoms with van der Waals surface area (Å²) in [5, 5.41) is 0.389. The molecule has 0 saturated heterocycles. The molecule has 0 saturated carbocycles. The fraction of sp³-hybridized carbons (Fsp3) is 0.308. The molecular weight excluding hydrogens is 263 g/mol. The molecule has 0 unspecified atom stereocenters. The SMILES string of the molecule is CC(C)c1cnc(Cl)c2c(C(F)(F)F)cccc12. The second-order valence-corrected chi connectivity index (χ2v) is 4.74. The maximum Gasteiger partial charge on any atom is 0.417 e. The summed E-state index contributed by atoms with van der Waals surface area (Å²) in [6.07, 6.45) is -2.89. The highest BCUT2D eigenvalue weighted by Crippen LogP contribution is 2.39. The van der Waals surface area contributed by atoms with E-state index in [1.54, 1.807) is 6.07 Å². The third kappa shape index (κ3) is 2.17. The molecule has 2 rings (SSSR count). The summed E-state index contributed by atoms with van der Waals surface area (Å²) < 4.78 is 38.8. The summed E-state index contributed by atoms with van der Waals surface area (Å²) in [5.74, 6) is 0.0840. The number of alkyl halides is 3. The van der Waals surface area contributed by atoms with E-state index in [0.717, 1.165) is 11.6 Å². The van der Waals surface area contributed by atoms with Gasteiger partial charge in [-0.15, -0.1) is 0 Å². The van der Waals surface area contributed by atoms with E-state index in [1.165, 1.54) is 12.3 Å². The minimum Gasteiger partial charge on any atom is -0.244 e. The van der Waals surface area contributed by atoms with Crippen molar-refractivity contribution in [2.45, 2.75) is 25.9 Å². The summed E-state index contributed by atoms with van der Waals surface area (Å²) in [5.41, 5.74) is 0.0282. The topological polar surface area (TPSA) is 12.9 Å². The molecule has 0 aliphatic heterocycles. The van der Waals surface area contributed by atoms with Gasteiger partial charge in [0.15, 0.2) is 0 Å². The zero-order valence-corrected chi connectivity index (χ0v) is 10.6. The van der Waals surface area contributed by atoms with Crippen LogP contribution in [0.3, 0.4) is 0 Å². The summed E-state index contributed by atoms with van der Waals surface area (Å²) in [6, 6.07) is 4.07. The van der Waals surface area contributed by atoms with Crippen molar-refractivity contribution < 1.29 is 13.2 Å². The number of halogens is 4. The van der Waals surface area contributed by atoms with Gasteiger partial charge < -0.3 is 0 Å². The first-order chi connectivity index (χ1) is 8.32. The van der Waals surface area contributed by atoms with E-state index < -0.39 is 11.7 Å². The number of rotatable bonds is 1. The molecule has 18 heavy (non-hydrogen) atoms. The normalized spacial score (nSPS) is 12.4. The lowest BCUT2D eigenvalue weighted by Crippen LogP contribution is -2.07. The standard InChI is InChI=1S/C13H11ClF3N/c1-7(2)9-6-18-12(14)11-8(9)4-3-5-10(11)13(15,16)17/h3-7H,1-2H3. The van der Waals surface area contributed by atoms with Gasteiger partial charge in [-0.2, -0.15) is 13.2 Å². The summed E-state index contributed by atoms with van der Waals surface area (Å²) >= 11 is 5.83. The molecule has 96 valence electrons. The van der Waals surface area contributed by atoms with Gasteiger partial charge in [-0.3, -0.25) is 0 Å². The number of pyridine rings is 1. The second-order valence-electron chi connectivity index (χ2n) is 4.38. The number of aromatic nitrogens is 1. The lowest BCUT2D eigenvalue weighted by molar-refractivity contribution is -0.136. The predicted octanol–water partition coefficient (Wildman–Crippen LogP) is 5.03. The molecule has 5 heteroatoms. The Morgan fingerprint density at radius 3 is 2.44 bits per heavy atom. The third-order valence-corrected chi connectivity index (χ3v) is 3.11. The van der Waals surface area contributed by atoms with Crippen LogP contribution in [-0.2, 0) is 6.18 Å². The van der Waals surface area contributed by atoms with Crippen LogP contribution in [0.15, 0.2) is 24.4 Å². The van der Waals surface area contributed by atoms with Crippen LogP contribution >= 0.6 is 11.6 Å². The Balaban J connectivity index is 2.89. The van der Waals surface area contributed by atoms with Gasteiger partial charge in [0, 0.05) is 11.6 Å². The highest BCUT2D eigenvalue weighted by atomic mass is 35.5. The van der Waals surface area contributed by atoms with Gasteiger partial charge in [-0.25, -0.2) is 4.98 Å². The van der Waals surface area contributed by atoms with Crippen molar-refractivity contribution in [1.29, 1.82) is 0 Å². The number of hydrogen-bond donors (Lipinski definition) is 0. The van der Waals surface area contributed by atoms with Crippen molar-refractivity contribution in [1.82, 2.24) is 4.98 Å². The average Bonchev–Trinajstić information content (AvgIpc) is 2.27. The largest absolute Gasteiger partial charge is 0.417 e. The Hall–Kier alpha value is -1.29. The van der Waals surface area contributed by atoms with E-state index in [1.807, 2.05) is 13.8 Å². The van der Waals surface area contributed by atoms with Crippen LogP contribution in [0.2, 0.25) is 5.15 Å².